The molecule has 3 aromatic rings. The van der Waals surface area contributed by atoms with E-state index in [1.165, 1.54) is 10.3 Å². The summed E-state index contributed by atoms with van der Waals surface area (Å²) < 4.78 is 1.30. The summed E-state index contributed by atoms with van der Waals surface area (Å²) in [5.41, 5.74) is 2.42. The van der Waals surface area contributed by atoms with E-state index in [9.17, 15) is 0 Å². The molecular formula is C17H19N5S. The highest BCUT2D eigenvalue weighted by Crippen LogP contribution is 2.31. The van der Waals surface area contributed by atoms with E-state index in [0.29, 0.717) is 0 Å². The molecule has 1 saturated heterocycles. The van der Waals surface area contributed by atoms with Gasteiger partial charge in [0.2, 0.25) is 0 Å². The molecule has 2 aromatic heterocycles. The molecule has 0 spiro atoms. The molecule has 23 heavy (non-hydrogen) atoms. The standard InChI is InChI=1S/C17H19N5S/c1-12-4-3-5-14-16(12)23-17(20-14)22-10-8-21(9-11-22)15-6-7-18-13(2)19-15/h3-7H,8-11H2,1-2H3. The third-order valence-electron chi connectivity index (χ3n) is 4.24. The van der Waals surface area contributed by atoms with Gasteiger partial charge in [0, 0.05) is 32.4 Å². The molecule has 118 valence electrons. The topological polar surface area (TPSA) is 45.2 Å². The number of thiazole rings is 1. The molecule has 0 unspecified atom stereocenters. The minimum absolute atomic E-state index is 0.826. The molecular weight excluding hydrogens is 306 g/mol. The molecule has 0 saturated carbocycles. The molecule has 4 rings (SSSR count). The number of hydrogen-bond acceptors (Lipinski definition) is 6. The van der Waals surface area contributed by atoms with Crippen LogP contribution in [0.1, 0.15) is 11.4 Å². The summed E-state index contributed by atoms with van der Waals surface area (Å²) in [7, 11) is 0. The molecule has 0 aliphatic carbocycles. The van der Waals surface area contributed by atoms with Gasteiger partial charge in [-0.3, -0.25) is 0 Å². The second-order valence-corrected chi connectivity index (χ2v) is 6.83. The largest absolute Gasteiger partial charge is 0.353 e. The first-order valence-electron chi connectivity index (χ1n) is 7.86. The summed E-state index contributed by atoms with van der Waals surface area (Å²) in [5.74, 6) is 1.85. The Morgan fingerprint density at radius 2 is 1.74 bits per heavy atom. The first kappa shape index (κ1) is 14.4. The monoisotopic (exact) mass is 325 g/mol. The Morgan fingerprint density at radius 1 is 0.957 bits per heavy atom. The average molecular weight is 325 g/mol. The van der Waals surface area contributed by atoms with Gasteiger partial charge in [-0.2, -0.15) is 0 Å². The van der Waals surface area contributed by atoms with Gasteiger partial charge in [0.05, 0.1) is 10.2 Å². The van der Waals surface area contributed by atoms with Crippen LogP contribution in [0.25, 0.3) is 10.2 Å². The quantitative estimate of drug-likeness (QED) is 0.725. The number of rotatable bonds is 2. The molecule has 0 radical (unpaired) electrons. The van der Waals surface area contributed by atoms with E-state index in [0.717, 1.165) is 48.5 Å². The fraction of sp³-hybridized carbons (Fsp3) is 0.353. The second-order valence-electron chi connectivity index (χ2n) is 5.86. The van der Waals surface area contributed by atoms with Crippen LogP contribution in [0.15, 0.2) is 30.5 Å². The van der Waals surface area contributed by atoms with Crippen LogP contribution in [-0.2, 0) is 0 Å². The van der Waals surface area contributed by atoms with Crippen LogP contribution in [0.4, 0.5) is 10.9 Å². The van der Waals surface area contributed by atoms with Crippen LogP contribution >= 0.6 is 11.3 Å². The van der Waals surface area contributed by atoms with E-state index < -0.39 is 0 Å². The Labute approximate surface area is 139 Å². The van der Waals surface area contributed by atoms with E-state index in [2.05, 4.69) is 44.9 Å². The van der Waals surface area contributed by atoms with Crippen molar-refractivity contribution in [1.82, 2.24) is 15.0 Å². The van der Waals surface area contributed by atoms with Crippen molar-refractivity contribution in [3.63, 3.8) is 0 Å². The van der Waals surface area contributed by atoms with Crippen molar-refractivity contribution in [2.75, 3.05) is 36.0 Å². The summed E-state index contributed by atoms with van der Waals surface area (Å²) >= 11 is 1.80. The lowest BCUT2D eigenvalue weighted by molar-refractivity contribution is 0.645. The maximum atomic E-state index is 4.81. The number of benzene rings is 1. The van der Waals surface area contributed by atoms with Crippen LogP contribution in [0.3, 0.4) is 0 Å². The van der Waals surface area contributed by atoms with Crippen LogP contribution in [0.2, 0.25) is 0 Å². The predicted molar refractivity (Wildman–Crippen MR) is 95.6 cm³/mol. The number of nitrogens with zero attached hydrogens (tertiary/aromatic N) is 5. The molecule has 1 aromatic carbocycles. The van der Waals surface area contributed by atoms with Gasteiger partial charge < -0.3 is 9.80 Å². The molecule has 0 N–H and O–H groups in total. The zero-order chi connectivity index (χ0) is 15.8. The highest BCUT2D eigenvalue weighted by molar-refractivity contribution is 7.22. The summed E-state index contributed by atoms with van der Waals surface area (Å²) in [6, 6.07) is 8.32. The highest BCUT2D eigenvalue weighted by atomic mass is 32.1. The van der Waals surface area contributed by atoms with Crippen molar-refractivity contribution >= 4 is 32.5 Å². The minimum atomic E-state index is 0.826. The van der Waals surface area contributed by atoms with Gasteiger partial charge in [0.1, 0.15) is 11.6 Å². The molecule has 0 amide bonds. The Morgan fingerprint density at radius 3 is 2.48 bits per heavy atom. The number of aryl methyl sites for hydroxylation is 2. The third-order valence-corrected chi connectivity index (χ3v) is 5.50. The molecule has 0 bridgehead atoms. The third kappa shape index (κ3) is 2.74. The number of piperazine rings is 1. The van der Waals surface area contributed by atoms with Crippen LogP contribution in [0, 0.1) is 13.8 Å². The van der Waals surface area contributed by atoms with Gasteiger partial charge >= 0.3 is 0 Å². The van der Waals surface area contributed by atoms with Crippen molar-refractivity contribution in [1.29, 1.82) is 0 Å². The Bertz CT molecular complexity index is 836. The summed E-state index contributed by atoms with van der Waals surface area (Å²) in [5, 5.41) is 1.13. The van der Waals surface area contributed by atoms with E-state index in [4.69, 9.17) is 4.98 Å². The molecule has 1 fully saturated rings. The summed E-state index contributed by atoms with van der Waals surface area (Å²) in [6.07, 6.45) is 1.83. The lowest BCUT2D eigenvalue weighted by atomic mass is 10.2. The number of hydrogen-bond donors (Lipinski definition) is 0. The van der Waals surface area contributed by atoms with Gasteiger partial charge in [-0.05, 0) is 31.5 Å². The van der Waals surface area contributed by atoms with Gasteiger partial charge in [0.25, 0.3) is 0 Å². The van der Waals surface area contributed by atoms with Gasteiger partial charge in [0.15, 0.2) is 5.13 Å². The Kier molecular flexibility index (Phi) is 3.61. The maximum absolute atomic E-state index is 4.81. The highest BCUT2D eigenvalue weighted by Gasteiger charge is 2.21. The van der Waals surface area contributed by atoms with Gasteiger partial charge in [-0.1, -0.05) is 23.5 Å². The first-order chi connectivity index (χ1) is 11.2. The lowest BCUT2D eigenvalue weighted by Gasteiger charge is -2.35. The molecule has 1 aliphatic heterocycles. The zero-order valence-corrected chi connectivity index (χ0v) is 14.2. The van der Waals surface area contributed by atoms with E-state index >= 15 is 0 Å². The smallest absolute Gasteiger partial charge is 0.186 e. The van der Waals surface area contributed by atoms with Crippen molar-refractivity contribution in [3.8, 4) is 0 Å². The van der Waals surface area contributed by atoms with Crippen molar-refractivity contribution < 1.29 is 0 Å². The Hall–Kier alpha value is -2.21. The lowest BCUT2D eigenvalue weighted by Crippen LogP contribution is -2.46. The number of fused-ring (bicyclic) bond motifs is 1. The molecule has 3 heterocycles. The zero-order valence-electron chi connectivity index (χ0n) is 13.4. The Balaban J connectivity index is 1.51. The van der Waals surface area contributed by atoms with E-state index in [-0.39, 0.29) is 0 Å². The van der Waals surface area contributed by atoms with E-state index in [1.807, 2.05) is 19.2 Å². The van der Waals surface area contributed by atoms with Crippen molar-refractivity contribution in [3.05, 3.63) is 41.9 Å². The van der Waals surface area contributed by atoms with E-state index in [1.54, 1.807) is 11.3 Å². The molecule has 6 heteroatoms. The second kappa shape index (κ2) is 5.77. The molecule has 5 nitrogen and oxygen atoms in total. The van der Waals surface area contributed by atoms with Gasteiger partial charge in [-0.25, -0.2) is 15.0 Å². The average Bonchev–Trinajstić information content (AvgIpc) is 3.01. The first-order valence-corrected chi connectivity index (χ1v) is 8.68. The van der Waals surface area contributed by atoms with Crippen LogP contribution in [-0.4, -0.2) is 41.1 Å². The normalized spacial score (nSPS) is 15.4. The summed E-state index contributed by atoms with van der Waals surface area (Å²) in [4.78, 5) is 18.2. The van der Waals surface area contributed by atoms with Crippen molar-refractivity contribution in [2.45, 2.75) is 13.8 Å². The van der Waals surface area contributed by atoms with Crippen LogP contribution in [0.5, 0.6) is 0 Å². The number of anilines is 2. The van der Waals surface area contributed by atoms with Gasteiger partial charge in [-0.15, -0.1) is 0 Å². The molecule has 1 aliphatic rings. The summed E-state index contributed by atoms with van der Waals surface area (Å²) in [6.45, 7) is 7.96. The van der Waals surface area contributed by atoms with Crippen LogP contribution < -0.4 is 9.80 Å². The van der Waals surface area contributed by atoms with Crippen molar-refractivity contribution in [2.24, 2.45) is 0 Å². The fourth-order valence-electron chi connectivity index (χ4n) is 2.96. The minimum Gasteiger partial charge on any atom is -0.353 e. The SMILES string of the molecule is Cc1nccc(N2CCN(c3nc4cccc(C)c4s3)CC2)n1. The maximum Gasteiger partial charge on any atom is 0.186 e. The molecule has 0 atom stereocenters. The fourth-order valence-corrected chi connectivity index (χ4v) is 4.04. The predicted octanol–water partition coefficient (Wildman–Crippen LogP) is 3.03. The number of aromatic nitrogens is 3.